The molecule has 0 unspecified atom stereocenters. The number of phenols is 1. The summed E-state index contributed by atoms with van der Waals surface area (Å²) in [7, 11) is 0. The van der Waals surface area contributed by atoms with Crippen molar-refractivity contribution in [2.75, 3.05) is 5.32 Å². The molecule has 0 saturated heterocycles. The van der Waals surface area contributed by atoms with Gasteiger partial charge in [-0.3, -0.25) is 4.40 Å². The Morgan fingerprint density at radius 2 is 2.00 bits per heavy atom. The van der Waals surface area contributed by atoms with Gasteiger partial charge in [-0.15, -0.1) is 10.2 Å². The molecule has 148 valence electrons. The van der Waals surface area contributed by atoms with E-state index in [1.807, 2.05) is 0 Å². The molecule has 0 bridgehead atoms. The van der Waals surface area contributed by atoms with Crippen molar-refractivity contribution in [2.24, 2.45) is 0 Å². The van der Waals surface area contributed by atoms with Crippen molar-refractivity contribution >= 4 is 11.5 Å². The number of alkyl halides is 3. The van der Waals surface area contributed by atoms with Gasteiger partial charge in [0.2, 0.25) is 5.95 Å². The molecule has 2 atom stereocenters. The fourth-order valence-corrected chi connectivity index (χ4v) is 3.51. The molecule has 3 N–H and O–H groups in total. The molecule has 3 aromatic rings. The van der Waals surface area contributed by atoms with Gasteiger partial charge in [0.1, 0.15) is 17.8 Å². The average Bonchev–Trinajstić information content (AvgIpc) is 3.12. The molecule has 0 radical (unpaired) electrons. The van der Waals surface area contributed by atoms with E-state index in [0.717, 1.165) is 25.3 Å². The Balaban J connectivity index is 1.70. The van der Waals surface area contributed by atoms with Crippen molar-refractivity contribution < 1.29 is 23.4 Å². The minimum Gasteiger partial charge on any atom is -0.507 e. The first kappa shape index (κ1) is 18.5. The van der Waals surface area contributed by atoms with Crippen molar-refractivity contribution in [1.29, 1.82) is 0 Å². The van der Waals surface area contributed by atoms with Crippen molar-refractivity contribution in [1.82, 2.24) is 19.6 Å². The van der Waals surface area contributed by atoms with Crippen LogP contribution >= 0.6 is 0 Å². The summed E-state index contributed by atoms with van der Waals surface area (Å²) in [4.78, 5) is 4.07. The highest BCUT2D eigenvalue weighted by molar-refractivity contribution is 5.80. The Labute approximate surface area is 157 Å². The molecule has 2 aromatic heterocycles. The van der Waals surface area contributed by atoms with E-state index in [1.165, 1.54) is 18.6 Å². The van der Waals surface area contributed by atoms with Gasteiger partial charge in [-0.25, -0.2) is 4.98 Å². The van der Waals surface area contributed by atoms with E-state index in [4.69, 9.17) is 0 Å². The van der Waals surface area contributed by atoms with Gasteiger partial charge in [0, 0.05) is 11.6 Å². The molecular formula is C18H18F3N5O2. The molecule has 4 rings (SSSR count). The van der Waals surface area contributed by atoms with E-state index in [9.17, 15) is 23.4 Å². The number of aromatic hydroxyl groups is 1. The van der Waals surface area contributed by atoms with Crippen molar-refractivity contribution in [2.45, 2.75) is 44.0 Å². The second-order valence-electron chi connectivity index (χ2n) is 6.91. The number of aliphatic hydroxyl groups excluding tert-OH is 1. The maximum atomic E-state index is 12.8. The highest BCUT2D eigenvalue weighted by Crippen LogP contribution is 2.37. The number of aromatic nitrogens is 4. The number of imidazole rings is 1. The first-order chi connectivity index (χ1) is 13.3. The number of rotatable bonds is 3. The zero-order valence-corrected chi connectivity index (χ0v) is 14.7. The number of hydrogen-bond donors (Lipinski definition) is 3. The van der Waals surface area contributed by atoms with Gasteiger partial charge >= 0.3 is 6.18 Å². The topological polar surface area (TPSA) is 95.6 Å². The van der Waals surface area contributed by atoms with Crippen LogP contribution in [0.25, 0.3) is 16.8 Å². The number of nitrogens with one attached hydrogen (secondary N) is 1. The lowest BCUT2D eigenvalue weighted by molar-refractivity contribution is -0.137. The molecule has 28 heavy (non-hydrogen) atoms. The Bertz CT molecular complexity index is 1000. The van der Waals surface area contributed by atoms with Crippen LogP contribution in [0.3, 0.4) is 0 Å². The van der Waals surface area contributed by atoms with Gasteiger partial charge in [0.05, 0.1) is 23.4 Å². The van der Waals surface area contributed by atoms with Crippen molar-refractivity contribution in [3.63, 3.8) is 0 Å². The van der Waals surface area contributed by atoms with Gasteiger partial charge in [0.15, 0.2) is 0 Å². The van der Waals surface area contributed by atoms with Crippen LogP contribution in [0.5, 0.6) is 5.75 Å². The lowest BCUT2D eigenvalue weighted by atomic mass is 9.93. The van der Waals surface area contributed by atoms with Crippen LogP contribution < -0.4 is 5.32 Å². The third-order valence-electron chi connectivity index (χ3n) is 4.91. The quantitative estimate of drug-likeness (QED) is 0.632. The number of aliphatic hydroxyl groups is 1. The number of halogens is 3. The van der Waals surface area contributed by atoms with Gasteiger partial charge in [-0.05, 0) is 43.9 Å². The summed E-state index contributed by atoms with van der Waals surface area (Å²) >= 11 is 0. The molecule has 0 amide bonds. The summed E-state index contributed by atoms with van der Waals surface area (Å²) in [6.45, 7) is 0. The summed E-state index contributed by atoms with van der Waals surface area (Å²) in [5.41, 5.74) is -0.104. The van der Waals surface area contributed by atoms with Gasteiger partial charge in [-0.2, -0.15) is 13.2 Å². The first-order valence-electron chi connectivity index (χ1n) is 8.87. The van der Waals surface area contributed by atoms with Crippen LogP contribution in [0, 0.1) is 0 Å². The molecule has 1 aliphatic carbocycles. The molecule has 0 aliphatic heterocycles. The smallest absolute Gasteiger partial charge is 0.416 e. The summed E-state index contributed by atoms with van der Waals surface area (Å²) in [6, 6.07) is 2.76. The van der Waals surface area contributed by atoms with Crippen LogP contribution in [0.4, 0.5) is 19.1 Å². The minimum atomic E-state index is -4.55. The maximum absolute atomic E-state index is 12.8. The Kier molecular flexibility index (Phi) is 4.58. The number of phenolic OH excluding ortho intramolecular Hbond substituents is 1. The predicted molar refractivity (Wildman–Crippen MR) is 94.8 cm³/mol. The van der Waals surface area contributed by atoms with Crippen molar-refractivity contribution in [3.05, 3.63) is 36.3 Å². The first-order valence-corrected chi connectivity index (χ1v) is 8.87. The number of anilines is 1. The molecule has 10 heteroatoms. The number of nitrogens with zero attached hydrogens (tertiary/aromatic N) is 4. The highest BCUT2D eigenvalue weighted by Gasteiger charge is 2.31. The van der Waals surface area contributed by atoms with Crippen LogP contribution in [-0.4, -0.2) is 41.9 Å². The van der Waals surface area contributed by atoms with Crippen LogP contribution in [0.2, 0.25) is 0 Å². The molecular weight excluding hydrogens is 375 g/mol. The molecule has 1 fully saturated rings. The van der Waals surface area contributed by atoms with E-state index >= 15 is 0 Å². The molecule has 0 spiro atoms. The average molecular weight is 393 g/mol. The summed E-state index contributed by atoms with van der Waals surface area (Å²) < 4.78 is 40.1. The molecule has 7 nitrogen and oxygen atoms in total. The zero-order valence-electron chi connectivity index (χ0n) is 14.7. The van der Waals surface area contributed by atoms with Gasteiger partial charge in [-0.1, -0.05) is 0 Å². The standard InChI is InChI=1S/C18H18F3N5O2/c19-18(20,21)10-4-5-13(15(28)6-10)16-14-8-22-9-26(14)17(25-24-16)23-11-2-1-3-12(27)7-11/h4-6,8-9,11-12,27-28H,1-3,7H2,(H,23,25)/t11-,12+/m1/s1. The zero-order chi connectivity index (χ0) is 19.9. The summed E-state index contributed by atoms with van der Waals surface area (Å²) in [5.74, 6) is -0.120. The maximum Gasteiger partial charge on any atom is 0.416 e. The van der Waals surface area contributed by atoms with E-state index in [0.29, 0.717) is 24.0 Å². The number of hydrogen-bond acceptors (Lipinski definition) is 6. The molecule has 2 heterocycles. The van der Waals surface area contributed by atoms with E-state index in [-0.39, 0.29) is 23.4 Å². The molecule has 1 aromatic carbocycles. The van der Waals surface area contributed by atoms with E-state index < -0.39 is 17.5 Å². The summed E-state index contributed by atoms with van der Waals surface area (Å²) in [5, 5.41) is 31.4. The fourth-order valence-electron chi connectivity index (χ4n) is 3.51. The monoisotopic (exact) mass is 393 g/mol. The fraction of sp³-hybridized carbons (Fsp3) is 0.389. The normalized spacial score (nSPS) is 20.4. The van der Waals surface area contributed by atoms with Gasteiger partial charge < -0.3 is 15.5 Å². The predicted octanol–water partition coefficient (Wildman–Crippen LogP) is 3.23. The lowest BCUT2D eigenvalue weighted by Gasteiger charge is -2.27. The number of benzene rings is 1. The second kappa shape index (κ2) is 6.93. The Hall–Kier alpha value is -2.88. The third-order valence-corrected chi connectivity index (χ3v) is 4.91. The molecule has 1 saturated carbocycles. The van der Waals surface area contributed by atoms with Crippen LogP contribution in [0.1, 0.15) is 31.2 Å². The van der Waals surface area contributed by atoms with Gasteiger partial charge in [0.25, 0.3) is 0 Å². The summed E-state index contributed by atoms with van der Waals surface area (Å²) in [6.07, 6.45) is 1.26. The Morgan fingerprint density at radius 3 is 2.71 bits per heavy atom. The Morgan fingerprint density at radius 1 is 1.18 bits per heavy atom. The minimum absolute atomic E-state index is 0.0361. The number of fused-ring (bicyclic) bond motifs is 1. The van der Waals surface area contributed by atoms with Crippen molar-refractivity contribution in [3.8, 4) is 17.0 Å². The van der Waals surface area contributed by atoms with Crippen LogP contribution in [0.15, 0.2) is 30.7 Å². The SMILES string of the molecule is Oc1cc(C(F)(F)F)ccc1-c1nnc(N[C@@H]2CCC[C@H](O)C2)n2cncc12. The van der Waals surface area contributed by atoms with E-state index in [1.54, 1.807) is 4.40 Å². The van der Waals surface area contributed by atoms with E-state index in [2.05, 4.69) is 20.5 Å². The third kappa shape index (κ3) is 3.47. The highest BCUT2D eigenvalue weighted by atomic mass is 19.4. The largest absolute Gasteiger partial charge is 0.507 e. The molecule has 1 aliphatic rings. The van der Waals surface area contributed by atoms with Crippen LogP contribution in [-0.2, 0) is 6.18 Å². The second-order valence-corrected chi connectivity index (χ2v) is 6.91. The lowest BCUT2D eigenvalue weighted by Crippen LogP contribution is -2.31.